The second-order valence-corrected chi connectivity index (χ2v) is 7.74. The lowest BCUT2D eigenvalue weighted by atomic mass is 10.1. The number of alkyl halides is 6. The van der Waals surface area contributed by atoms with Gasteiger partial charge in [0.15, 0.2) is 0 Å². The van der Waals surface area contributed by atoms with E-state index in [1.54, 1.807) is 6.20 Å². The van der Waals surface area contributed by atoms with Crippen LogP contribution in [0.15, 0.2) is 48.9 Å². The molecular formula is C22H23F6N3O6. The van der Waals surface area contributed by atoms with Crippen molar-refractivity contribution < 1.29 is 55.6 Å². The molecule has 1 saturated heterocycles. The number of ether oxygens (including phenoxy) is 2. The zero-order chi connectivity index (χ0) is 27.6. The molecule has 0 aromatic carbocycles. The Morgan fingerprint density at radius 2 is 1.65 bits per heavy atom. The lowest BCUT2D eigenvalue weighted by Gasteiger charge is -2.38. The molecule has 2 aromatic rings. The van der Waals surface area contributed by atoms with E-state index in [1.807, 2.05) is 36.7 Å². The fourth-order valence-corrected chi connectivity index (χ4v) is 3.61. The van der Waals surface area contributed by atoms with Crippen molar-refractivity contribution in [3.63, 3.8) is 0 Å². The number of fused-ring (bicyclic) bond motifs is 1. The molecule has 0 bridgehead atoms. The zero-order valence-electron chi connectivity index (χ0n) is 19.0. The lowest BCUT2D eigenvalue weighted by molar-refractivity contribution is -0.193. The molecule has 37 heavy (non-hydrogen) atoms. The van der Waals surface area contributed by atoms with Crippen LogP contribution in [0.25, 0.3) is 0 Å². The second kappa shape index (κ2) is 13.2. The number of pyridine rings is 2. The summed E-state index contributed by atoms with van der Waals surface area (Å²) in [6.07, 6.45) is -2.32. The smallest absolute Gasteiger partial charge is 0.475 e. The van der Waals surface area contributed by atoms with Crippen LogP contribution in [0.1, 0.15) is 18.4 Å². The van der Waals surface area contributed by atoms with Crippen LogP contribution in [0, 0.1) is 0 Å². The van der Waals surface area contributed by atoms with E-state index >= 15 is 0 Å². The van der Waals surface area contributed by atoms with Crippen LogP contribution < -0.4 is 4.74 Å². The SMILES string of the molecule is O=C(O)C(F)(F)F.O=C(O)C(F)(F)F.c1ccc(O[C@H]2CC[C@H]3[C@H]2OCCN3Cc2cccnc2)nc1. The zero-order valence-corrected chi connectivity index (χ0v) is 19.0. The van der Waals surface area contributed by atoms with Crippen LogP contribution in [0.5, 0.6) is 5.88 Å². The Balaban J connectivity index is 0.000000286. The van der Waals surface area contributed by atoms with Crippen LogP contribution in [0.4, 0.5) is 26.3 Å². The molecule has 1 aliphatic heterocycles. The van der Waals surface area contributed by atoms with Crippen LogP contribution in [0.3, 0.4) is 0 Å². The Labute approximate surface area is 206 Å². The van der Waals surface area contributed by atoms with Crippen molar-refractivity contribution in [2.45, 2.75) is 50.0 Å². The molecule has 3 heterocycles. The number of aromatic nitrogens is 2. The van der Waals surface area contributed by atoms with Crippen LogP contribution in [-0.4, -0.2) is 80.8 Å². The number of aliphatic carboxylic acids is 2. The van der Waals surface area contributed by atoms with Gasteiger partial charge >= 0.3 is 24.3 Å². The maximum Gasteiger partial charge on any atom is 0.490 e. The van der Waals surface area contributed by atoms with E-state index in [0.29, 0.717) is 11.9 Å². The van der Waals surface area contributed by atoms with Gasteiger partial charge in [0.1, 0.15) is 12.2 Å². The summed E-state index contributed by atoms with van der Waals surface area (Å²) in [5.74, 6) is -4.83. The molecule has 2 aromatic heterocycles. The number of carbonyl (C=O) groups is 2. The molecule has 204 valence electrons. The topological polar surface area (TPSA) is 122 Å². The minimum atomic E-state index is -5.08. The third kappa shape index (κ3) is 9.84. The summed E-state index contributed by atoms with van der Waals surface area (Å²) in [6, 6.07) is 10.3. The summed E-state index contributed by atoms with van der Waals surface area (Å²) in [5.41, 5.74) is 1.25. The molecule has 15 heteroatoms. The Hall–Kier alpha value is -3.46. The molecule has 0 unspecified atom stereocenters. The number of carboxylic acid groups (broad SMARTS) is 2. The summed E-state index contributed by atoms with van der Waals surface area (Å²) >= 11 is 0. The van der Waals surface area contributed by atoms with E-state index in [2.05, 4.69) is 20.9 Å². The van der Waals surface area contributed by atoms with E-state index in [-0.39, 0.29) is 12.2 Å². The highest BCUT2D eigenvalue weighted by Gasteiger charge is 2.44. The minimum absolute atomic E-state index is 0.0894. The van der Waals surface area contributed by atoms with Crippen LogP contribution in [-0.2, 0) is 20.9 Å². The Morgan fingerprint density at radius 1 is 1.00 bits per heavy atom. The first kappa shape index (κ1) is 29.8. The maximum absolute atomic E-state index is 10.6. The summed E-state index contributed by atoms with van der Waals surface area (Å²) in [7, 11) is 0. The van der Waals surface area contributed by atoms with Gasteiger partial charge < -0.3 is 19.7 Å². The molecule has 0 amide bonds. The summed E-state index contributed by atoms with van der Waals surface area (Å²) in [4.78, 5) is 28.8. The predicted molar refractivity (Wildman–Crippen MR) is 113 cm³/mol. The lowest BCUT2D eigenvalue weighted by Crippen LogP contribution is -2.51. The molecule has 2 fully saturated rings. The standard InChI is InChI=1S/C18H21N3O2.2C2HF3O2/c1-2-9-20-17(5-1)23-16-7-6-15-18(16)22-11-10-21(15)13-14-4-3-8-19-12-14;2*3-2(4,5)1(6)7/h1-5,8-9,12,15-16,18H,6-7,10-11,13H2;2*(H,6,7)/t15-,16-,18+;;/m0../s1. The second-order valence-electron chi connectivity index (χ2n) is 7.74. The number of rotatable bonds is 4. The fraction of sp³-hybridized carbons (Fsp3) is 0.455. The monoisotopic (exact) mass is 539 g/mol. The third-order valence-corrected chi connectivity index (χ3v) is 5.15. The number of hydrogen-bond acceptors (Lipinski definition) is 7. The van der Waals surface area contributed by atoms with Crippen molar-refractivity contribution in [3.8, 4) is 5.88 Å². The molecule has 0 radical (unpaired) electrons. The molecule has 2 N–H and O–H groups in total. The van der Waals surface area contributed by atoms with Crippen LogP contribution >= 0.6 is 0 Å². The highest BCUT2D eigenvalue weighted by Crippen LogP contribution is 2.33. The van der Waals surface area contributed by atoms with E-state index in [4.69, 9.17) is 29.3 Å². The van der Waals surface area contributed by atoms with E-state index in [9.17, 15) is 26.3 Å². The van der Waals surface area contributed by atoms with E-state index in [1.165, 1.54) is 5.56 Å². The molecular weight excluding hydrogens is 516 g/mol. The summed E-state index contributed by atoms with van der Waals surface area (Å²) in [6.45, 7) is 2.64. The van der Waals surface area contributed by atoms with Gasteiger partial charge in [0, 0.05) is 43.8 Å². The first-order valence-corrected chi connectivity index (χ1v) is 10.7. The van der Waals surface area contributed by atoms with Gasteiger partial charge in [-0.25, -0.2) is 14.6 Å². The van der Waals surface area contributed by atoms with Gasteiger partial charge in [0.05, 0.1) is 6.61 Å². The van der Waals surface area contributed by atoms with Crippen molar-refractivity contribution in [2.24, 2.45) is 0 Å². The summed E-state index contributed by atoms with van der Waals surface area (Å²) in [5, 5.41) is 14.2. The average molecular weight is 539 g/mol. The summed E-state index contributed by atoms with van der Waals surface area (Å²) < 4.78 is 75.6. The van der Waals surface area contributed by atoms with Crippen molar-refractivity contribution in [1.82, 2.24) is 14.9 Å². The Morgan fingerprint density at radius 3 is 2.16 bits per heavy atom. The molecule has 0 spiro atoms. The first-order chi connectivity index (χ1) is 17.3. The highest BCUT2D eigenvalue weighted by atomic mass is 19.4. The Kier molecular flexibility index (Phi) is 10.6. The largest absolute Gasteiger partial charge is 0.490 e. The fourth-order valence-electron chi connectivity index (χ4n) is 3.61. The number of halogens is 6. The van der Waals surface area contributed by atoms with Gasteiger partial charge in [0.2, 0.25) is 5.88 Å². The van der Waals surface area contributed by atoms with Crippen molar-refractivity contribution in [3.05, 3.63) is 54.5 Å². The molecule has 9 nitrogen and oxygen atoms in total. The van der Waals surface area contributed by atoms with Gasteiger partial charge in [-0.05, 0) is 30.5 Å². The molecule has 1 saturated carbocycles. The van der Waals surface area contributed by atoms with Gasteiger partial charge in [-0.1, -0.05) is 12.1 Å². The van der Waals surface area contributed by atoms with Gasteiger partial charge in [-0.2, -0.15) is 26.3 Å². The number of nitrogens with zero attached hydrogens (tertiary/aromatic N) is 3. The normalized spacial score (nSPS) is 21.4. The molecule has 1 aliphatic carbocycles. The number of carboxylic acids is 2. The maximum atomic E-state index is 10.6. The molecule has 4 rings (SSSR count). The van der Waals surface area contributed by atoms with E-state index < -0.39 is 24.3 Å². The first-order valence-electron chi connectivity index (χ1n) is 10.7. The van der Waals surface area contributed by atoms with Gasteiger partial charge in [-0.3, -0.25) is 9.88 Å². The minimum Gasteiger partial charge on any atom is -0.475 e. The van der Waals surface area contributed by atoms with Gasteiger partial charge in [-0.15, -0.1) is 0 Å². The third-order valence-electron chi connectivity index (χ3n) is 5.15. The Bertz CT molecular complexity index is 970. The van der Waals surface area contributed by atoms with Crippen LogP contribution in [0.2, 0.25) is 0 Å². The average Bonchev–Trinajstić information content (AvgIpc) is 3.24. The molecule has 2 aliphatic rings. The van der Waals surface area contributed by atoms with Crippen molar-refractivity contribution in [2.75, 3.05) is 13.2 Å². The van der Waals surface area contributed by atoms with E-state index in [0.717, 1.165) is 32.5 Å². The quantitative estimate of drug-likeness (QED) is 0.562. The van der Waals surface area contributed by atoms with Crippen molar-refractivity contribution >= 4 is 11.9 Å². The van der Waals surface area contributed by atoms with Crippen molar-refractivity contribution in [1.29, 1.82) is 0 Å². The highest BCUT2D eigenvalue weighted by molar-refractivity contribution is 5.73. The molecule has 3 atom stereocenters. The number of morpholine rings is 1. The number of hydrogen-bond donors (Lipinski definition) is 2. The van der Waals surface area contributed by atoms with Gasteiger partial charge in [0.25, 0.3) is 0 Å². The predicted octanol–water partition coefficient (Wildman–Crippen LogP) is 3.55.